The molecule has 2 fully saturated rings. The Morgan fingerprint density at radius 3 is 2.88 bits per heavy atom. The number of ether oxygens (including phenoxy) is 1. The van der Waals surface area contributed by atoms with Crippen LogP contribution in [0.1, 0.15) is 52.4 Å². The van der Waals surface area contributed by atoms with Crippen molar-refractivity contribution in [2.24, 2.45) is 5.41 Å². The van der Waals surface area contributed by atoms with Crippen LogP contribution < -0.4 is 4.90 Å². The Labute approximate surface area is 192 Å². The van der Waals surface area contributed by atoms with E-state index in [9.17, 15) is 9.90 Å². The van der Waals surface area contributed by atoms with Crippen LogP contribution in [0.2, 0.25) is 0 Å². The van der Waals surface area contributed by atoms with Gasteiger partial charge in [-0.3, -0.25) is 4.40 Å². The standard InChI is InChI=1S/C24H28N6O3/c1-16-18(2-3-19-20(16)13-33-22(19)32)21(31)12-28-7-4-24(5-8-28)6-9-29(14-24)17-10-25-23-27-26-15-30(23)11-17/h2-3,10-11,15,21,31H,4-9,12-14H2,1H3. The number of piperidine rings is 1. The summed E-state index contributed by atoms with van der Waals surface area (Å²) in [4.78, 5) is 21.0. The second kappa shape index (κ2) is 7.78. The maximum absolute atomic E-state index is 11.8. The van der Waals surface area contributed by atoms with Crippen molar-refractivity contribution < 1.29 is 14.6 Å². The maximum Gasteiger partial charge on any atom is 0.338 e. The van der Waals surface area contributed by atoms with E-state index in [0.717, 1.165) is 61.4 Å². The number of hydrogen-bond acceptors (Lipinski definition) is 8. The minimum Gasteiger partial charge on any atom is -0.457 e. The Bertz CT molecular complexity index is 1220. The molecule has 3 aliphatic rings. The molecule has 9 heteroatoms. The normalized spacial score (nSPS) is 21.0. The van der Waals surface area contributed by atoms with Gasteiger partial charge in [-0.2, -0.15) is 0 Å². The average Bonchev–Trinajstić information content (AvgIpc) is 3.55. The highest BCUT2D eigenvalue weighted by molar-refractivity contribution is 5.93. The molecule has 5 heterocycles. The minimum absolute atomic E-state index is 0.265. The lowest BCUT2D eigenvalue weighted by Gasteiger charge is -2.40. The Kier molecular flexibility index (Phi) is 4.84. The number of benzene rings is 1. The van der Waals surface area contributed by atoms with Crippen LogP contribution in [0.5, 0.6) is 0 Å². The van der Waals surface area contributed by atoms with E-state index >= 15 is 0 Å². The van der Waals surface area contributed by atoms with E-state index in [2.05, 4.69) is 31.2 Å². The molecule has 2 aromatic heterocycles. The first-order valence-corrected chi connectivity index (χ1v) is 11.6. The zero-order chi connectivity index (χ0) is 22.6. The molecule has 1 aromatic carbocycles. The monoisotopic (exact) mass is 448 g/mol. The Morgan fingerprint density at radius 2 is 2.03 bits per heavy atom. The molecule has 3 aromatic rings. The van der Waals surface area contributed by atoms with Crippen LogP contribution >= 0.6 is 0 Å². The largest absolute Gasteiger partial charge is 0.457 e. The Morgan fingerprint density at radius 1 is 1.21 bits per heavy atom. The average molecular weight is 449 g/mol. The molecular weight excluding hydrogens is 420 g/mol. The molecule has 1 N–H and O–H groups in total. The van der Waals surface area contributed by atoms with Crippen LogP contribution in [-0.4, -0.2) is 68.3 Å². The van der Waals surface area contributed by atoms with Gasteiger partial charge in [0.25, 0.3) is 5.78 Å². The van der Waals surface area contributed by atoms with Crippen LogP contribution in [0.3, 0.4) is 0 Å². The quantitative estimate of drug-likeness (QED) is 0.607. The van der Waals surface area contributed by atoms with E-state index in [1.165, 1.54) is 6.42 Å². The molecule has 0 saturated carbocycles. The second-order valence-corrected chi connectivity index (χ2v) is 9.72. The highest BCUT2D eigenvalue weighted by atomic mass is 16.5. The molecule has 9 nitrogen and oxygen atoms in total. The lowest BCUT2D eigenvalue weighted by Crippen LogP contribution is -2.43. The SMILES string of the molecule is Cc1c(C(O)CN2CCC3(CC2)CCN(c2cnc4nncn4c2)C3)ccc2c1COC2=O. The van der Waals surface area contributed by atoms with Gasteiger partial charge < -0.3 is 19.6 Å². The lowest BCUT2D eigenvalue weighted by molar-refractivity contribution is 0.0534. The van der Waals surface area contributed by atoms with E-state index in [1.807, 2.05) is 23.6 Å². The fourth-order valence-corrected chi connectivity index (χ4v) is 5.73. The van der Waals surface area contributed by atoms with Gasteiger partial charge in [-0.25, -0.2) is 9.78 Å². The summed E-state index contributed by atoms with van der Waals surface area (Å²) in [6.45, 7) is 6.94. The molecule has 0 radical (unpaired) electrons. The summed E-state index contributed by atoms with van der Waals surface area (Å²) in [6, 6.07) is 3.67. The van der Waals surface area contributed by atoms with Gasteiger partial charge in [0.15, 0.2) is 0 Å². The van der Waals surface area contributed by atoms with Gasteiger partial charge in [-0.15, -0.1) is 10.2 Å². The molecule has 3 aliphatic heterocycles. The van der Waals surface area contributed by atoms with Crippen molar-refractivity contribution in [2.45, 2.75) is 38.9 Å². The number of likely N-dealkylation sites (tertiary alicyclic amines) is 1. The maximum atomic E-state index is 11.8. The van der Waals surface area contributed by atoms with Crippen LogP contribution in [0.4, 0.5) is 5.69 Å². The van der Waals surface area contributed by atoms with Crippen LogP contribution in [0.15, 0.2) is 30.9 Å². The first-order valence-electron chi connectivity index (χ1n) is 11.6. The molecule has 33 heavy (non-hydrogen) atoms. The predicted octanol–water partition coefficient (Wildman–Crippen LogP) is 2.13. The topological polar surface area (TPSA) is 96.1 Å². The van der Waals surface area contributed by atoms with E-state index in [-0.39, 0.29) is 5.97 Å². The zero-order valence-corrected chi connectivity index (χ0v) is 18.8. The van der Waals surface area contributed by atoms with E-state index < -0.39 is 6.10 Å². The van der Waals surface area contributed by atoms with Crippen LogP contribution in [-0.2, 0) is 11.3 Å². The van der Waals surface area contributed by atoms with E-state index in [0.29, 0.717) is 29.9 Å². The minimum atomic E-state index is -0.568. The van der Waals surface area contributed by atoms with E-state index in [4.69, 9.17) is 4.74 Å². The van der Waals surface area contributed by atoms with Gasteiger partial charge in [-0.05, 0) is 61.9 Å². The molecule has 2 saturated heterocycles. The third-order valence-electron chi connectivity index (χ3n) is 7.86. The summed E-state index contributed by atoms with van der Waals surface area (Å²) in [5.74, 6) is 0.357. The van der Waals surface area contributed by atoms with Crippen molar-refractivity contribution >= 4 is 17.4 Å². The van der Waals surface area contributed by atoms with Gasteiger partial charge in [0.05, 0.1) is 23.6 Å². The fraction of sp³-hybridized carbons (Fsp3) is 0.500. The number of carbonyl (C=O) groups is 1. The molecule has 6 rings (SSSR count). The van der Waals surface area contributed by atoms with Gasteiger partial charge in [-0.1, -0.05) is 6.07 Å². The molecule has 0 bridgehead atoms. The number of rotatable bonds is 4. The predicted molar refractivity (Wildman–Crippen MR) is 121 cm³/mol. The van der Waals surface area contributed by atoms with Crippen LogP contribution in [0.25, 0.3) is 5.78 Å². The van der Waals surface area contributed by atoms with Crippen molar-refractivity contribution in [1.82, 2.24) is 24.5 Å². The molecule has 1 spiro atoms. The third-order valence-corrected chi connectivity index (χ3v) is 7.86. The third kappa shape index (κ3) is 3.55. The van der Waals surface area contributed by atoms with Gasteiger partial charge >= 0.3 is 5.97 Å². The van der Waals surface area contributed by atoms with E-state index in [1.54, 1.807) is 12.4 Å². The van der Waals surface area contributed by atoms with Crippen molar-refractivity contribution in [3.63, 3.8) is 0 Å². The second-order valence-electron chi connectivity index (χ2n) is 9.72. The van der Waals surface area contributed by atoms with Crippen molar-refractivity contribution in [1.29, 1.82) is 0 Å². The number of β-amino-alcohol motifs (C(OH)–C–C–N with tert-alkyl or cyclic N) is 1. The number of anilines is 1. The number of aromatic nitrogens is 4. The first kappa shape index (κ1) is 20.6. The number of hydrogen-bond donors (Lipinski definition) is 1. The summed E-state index contributed by atoms with van der Waals surface area (Å²) in [7, 11) is 0. The number of carbonyl (C=O) groups excluding carboxylic acids is 1. The van der Waals surface area contributed by atoms with Crippen molar-refractivity contribution in [3.8, 4) is 0 Å². The molecular formula is C24H28N6O3. The summed E-state index contributed by atoms with van der Waals surface area (Å²) in [6.07, 6.45) is 8.52. The molecule has 1 atom stereocenters. The molecule has 172 valence electrons. The number of nitrogens with zero attached hydrogens (tertiary/aromatic N) is 6. The lowest BCUT2D eigenvalue weighted by atomic mass is 9.77. The van der Waals surface area contributed by atoms with Gasteiger partial charge in [0.2, 0.25) is 0 Å². The molecule has 1 unspecified atom stereocenters. The van der Waals surface area contributed by atoms with Crippen molar-refractivity contribution in [3.05, 3.63) is 53.1 Å². The Balaban J connectivity index is 1.08. The molecule has 0 aliphatic carbocycles. The zero-order valence-electron chi connectivity index (χ0n) is 18.8. The first-order chi connectivity index (χ1) is 16.0. The highest BCUT2D eigenvalue weighted by Gasteiger charge is 2.41. The summed E-state index contributed by atoms with van der Waals surface area (Å²) in [5, 5.41) is 18.9. The number of cyclic esters (lactones) is 1. The molecule has 0 amide bonds. The summed E-state index contributed by atoms with van der Waals surface area (Å²) < 4.78 is 7.02. The Hall–Kier alpha value is -3.04. The smallest absolute Gasteiger partial charge is 0.338 e. The highest BCUT2D eigenvalue weighted by Crippen LogP contribution is 2.42. The number of esters is 1. The van der Waals surface area contributed by atoms with Crippen LogP contribution in [0, 0.1) is 12.3 Å². The van der Waals surface area contributed by atoms with Crippen molar-refractivity contribution in [2.75, 3.05) is 37.6 Å². The number of fused-ring (bicyclic) bond motifs is 2. The fourth-order valence-electron chi connectivity index (χ4n) is 5.73. The summed E-state index contributed by atoms with van der Waals surface area (Å²) in [5.41, 5.74) is 4.87. The number of aliphatic hydroxyl groups excluding tert-OH is 1. The number of aliphatic hydroxyl groups is 1. The summed E-state index contributed by atoms with van der Waals surface area (Å²) >= 11 is 0. The van der Waals surface area contributed by atoms with Gasteiger partial charge in [0, 0.05) is 31.4 Å². The van der Waals surface area contributed by atoms with Gasteiger partial charge in [0.1, 0.15) is 12.9 Å².